The fraction of sp³-hybridized carbons (Fsp3) is 0.476. The summed E-state index contributed by atoms with van der Waals surface area (Å²) in [6.07, 6.45) is -1.67. The van der Waals surface area contributed by atoms with Crippen LogP contribution in [0.5, 0.6) is 0 Å². The van der Waals surface area contributed by atoms with Gasteiger partial charge < -0.3 is 25.4 Å². The molecule has 0 bridgehead atoms. The van der Waals surface area contributed by atoms with Crippen molar-refractivity contribution < 1.29 is 20.1 Å². The van der Waals surface area contributed by atoms with Gasteiger partial charge in [0.05, 0.1) is 12.9 Å². The fourth-order valence-corrected chi connectivity index (χ4v) is 4.16. The number of nitrogens with zero attached hydrogens (tertiary/aromatic N) is 4. The molecule has 0 saturated carbocycles. The second-order valence-corrected chi connectivity index (χ2v) is 8.66. The molecular weight excluding hydrogens is 418 g/mol. The molecule has 31 heavy (non-hydrogen) atoms. The number of nitrogens with one attached hydrogen (secondary N) is 1. The van der Waals surface area contributed by atoms with E-state index in [0.717, 1.165) is 17.7 Å². The average molecular weight is 446 g/mol. The zero-order chi connectivity index (χ0) is 22.0. The predicted octanol–water partition coefficient (Wildman–Crippen LogP) is 1.86. The summed E-state index contributed by atoms with van der Waals surface area (Å²) in [7, 11) is 0. The zero-order valence-electron chi connectivity index (χ0n) is 17.5. The molecular formula is C21H27N5O4S. The van der Waals surface area contributed by atoms with Crippen LogP contribution >= 0.6 is 11.8 Å². The standard InChI is InChI=1S/C21H27N5O4S/c1-3-8-31-21-24-18(22-9-13-6-4-12(2)5-7-13)15-19(25-21)26(11-23-15)20-17(29)16(28)14(10-27)30-20/h4-7,11,14,16-17,20,27-29H,3,8-10H2,1-2H3,(H,22,24,25)/t14-,16-,17-,20-/m1/s1. The maximum Gasteiger partial charge on any atom is 0.191 e. The van der Waals surface area contributed by atoms with Crippen molar-refractivity contribution in [1.82, 2.24) is 19.5 Å². The molecule has 1 saturated heterocycles. The number of aliphatic hydroxyl groups is 3. The van der Waals surface area contributed by atoms with E-state index in [4.69, 9.17) is 4.74 Å². The van der Waals surface area contributed by atoms with Crippen molar-refractivity contribution >= 4 is 28.7 Å². The van der Waals surface area contributed by atoms with Crippen molar-refractivity contribution in [3.8, 4) is 0 Å². The molecule has 3 aromatic rings. The highest BCUT2D eigenvalue weighted by molar-refractivity contribution is 7.99. The van der Waals surface area contributed by atoms with Crippen molar-refractivity contribution in [2.45, 2.75) is 56.5 Å². The van der Waals surface area contributed by atoms with Crippen LogP contribution in [0.15, 0.2) is 35.7 Å². The summed E-state index contributed by atoms with van der Waals surface area (Å²) in [6, 6.07) is 8.24. The Bertz CT molecular complexity index is 1030. The number of benzene rings is 1. The number of fused-ring (bicyclic) bond motifs is 1. The topological polar surface area (TPSA) is 126 Å². The molecule has 2 aromatic heterocycles. The van der Waals surface area contributed by atoms with Gasteiger partial charge in [0.25, 0.3) is 0 Å². The van der Waals surface area contributed by atoms with Crippen LogP contribution in [0.1, 0.15) is 30.7 Å². The minimum atomic E-state index is -1.21. The predicted molar refractivity (Wildman–Crippen MR) is 118 cm³/mol. The normalized spacial score (nSPS) is 23.5. The van der Waals surface area contributed by atoms with Gasteiger partial charge >= 0.3 is 0 Å². The Morgan fingerprint density at radius 3 is 2.61 bits per heavy atom. The number of aliphatic hydroxyl groups excluding tert-OH is 3. The van der Waals surface area contributed by atoms with Crippen molar-refractivity contribution in [3.63, 3.8) is 0 Å². The van der Waals surface area contributed by atoms with Crippen molar-refractivity contribution in [2.75, 3.05) is 17.7 Å². The minimum absolute atomic E-state index is 0.392. The Morgan fingerprint density at radius 2 is 1.94 bits per heavy atom. The van der Waals surface area contributed by atoms with Crippen LogP contribution in [0.25, 0.3) is 11.2 Å². The Morgan fingerprint density at radius 1 is 1.16 bits per heavy atom. The Labute approximate surface area is 184 Å². The largest absolute Gasteiger partial charge is 0.394 e. The highest BCUT2D eigenvalue weighted by Gasteiger charge is 2.44. The fourth-order valence-electron chi connectivity index (χ4n) is 3.47. The first kappa shape index (κ1) is 22.0. The lowest BCUT2D eigenvalue weighted by Gasteiger charge is -2.17. The molecule has 4 N–H and O–H groups in total. The molecule has 10 heteroatoms. The number of hydrogen-bond acceptors (Lipinski definition) is 9. The van der Waals surface area contributed by atoms with Crippen molar-refractivity contribution in [2.24, 2.45) is 0 Å². The van der Waals surface area contributed by atoms with E-state index >= 15 is 0 Å². The lowest BCUT2D eigenvalue weighted by molar-refractivity contribution is -0.0511. The van der Waals surface area contributed by atoms with E-state index in [-0.39, 0.29) is 0 Å². The third kappa shape index (κ3) is 4.53. The number of anilines is 1. The van der Waals surface area contributed by atoms with Gasteiger partial charge in [-0.3, -0.25) is 4.57 Å². The summed E-state index contributed by atoms with van der Waals surface area (Å²) in [4.78, 5) is 13.7. The molecule has 4 rings (SSSR count). The molecule has 9 nitrogen and oxygen atoms in total. The maximum absolute atomic E-state index is 10.4. The van der Waals surface area contributed by atoms with Crippen LogP contribution in [0.3, 0.4) is 0 Å². The van der Waals surface area contributed by atoms with Gasteiger partial charge in [0, 0.05) is 12.3 Å². The molecule has 1 aromatic carbocycles. The molecule has 0 unspecified atom stereocenters. The molecule has 1 aliphatic rings. The number of thioether (sulfide) groups is 1. The Hall–Kier alpha value is -2.24. The van der Waals surface area contributed by atoms with E-state index in [1.54, 1.807) is 4.57 Å². The molecule has 0 aliphatic carbocycles. The van der Waals surface area contributed by atoms with Gasteiger partial charge in [-0.15, -0.1) is 0 Å². The quantitative estimate of drug-likeness (QED) is 0.304. The van der Waals surface area contributed by atoms with Crippen LogP contribution in [0, 0.1) is 6.92 Å². The Balaban J connectivity index is 1.68. The number of aromatic nitrogens is 4. The number of ether oxygens (including phenoxy) is 1. The lowest BCUT2D eigenvalue weighted by Crippen LogP contribution is -2.33. The maximum atomic E-state index is 10.4. The second-order valence-electron chi connectivity index (χ2n) is 7.60. The van der Waals surface area contributed by atoms with E-state index in [9.17, 15) is 15.3 Å². The smallest absolute Gasteiger partial charge is 0.191 e. The minimum Gasteiger partial charge on any atom is -0.394 e. The number of hydrogen-bond donors (Lipinski definition) is 4. The van der Waals surface area contributed by atoms with Gasteiger partial charge in [-0.2, -0.15) is 0 Å². The number of imidazole rings is 1. The van der Waals surface area contributed by atoms with Gasteiger partial charge in [-0.25, -0.2) is 15.0 Å². The molecule has 0 amide bonds. The third-order valence-electron chi connectivity index (χ3n) is 5.21. The van der Waals surface area contributed by atoms with Crippen molar-refractivity contribution in [3.05, 3.63) is 41.7 Å². The Kier molecular flexibility index (Phi) is 6.73. The van der Waals surface area contributed by atoms with E-state index in [0.29, 0.717) is 28.7 Å². The van der Waals surface area contributed by atoms with E-state index in [1.165, 1.54) is 23.7 Å². The summed E-state index contributed by atoms with van der Waals surface area (Å²) >= 11 is 1.54. The van der Waals surface area contributed by atoms with Gasteiger partial charge in [0.1, 0.15) is 18.3 Å². The molecule has 1 aliphatic heterocycles. The van der Waals surface area contributed by atoms with Gasteiger partial charge in [-0.05, 0) is 18.9 Å². The van der Waals surface area contributed by atoms with Crippen LogP contribution in [0.4, 0.5) is 5.82 Å². The van der Waals surface area contributed by atoms with Crippen LogP contribution in [-0.2, 0) is 11.3 Å². The SMILES string of the molecule is CCCSc1nc(NCc2ccc(C)cc2)c2ncn([C@@H]3O[C@H](CO)[C@@H](O)[C@H]3O)c2n1. The zero-order valence-corrected chi connectivity index (χ0v) is 18.3. The molecule has 4 atom stereocenters. The lowest BCUT2D eigenvalue weighted by atomic mass is 10.1. The van der Waals surface area contributed by atoms with Crippen LogP contribution < -0.4 is 5.32 Å². The number of rotatable bonds is 8. The van der Waals surface area contributed by atoms with Crippen LogP contribution in [-0.4, -0.2) is 65.5 Å². The third-order valence-corrected chi connectivity index (χ3v) is 6.26. The van der Waals surface area contributed by atoms with E-state index in [1.807, 2.05) is 6.92 Å². The molecule has 0 radical (unpaired) electrons. The molecule has 1 fully saturated rings. The van der Waals surface area contributed by atoms with E-state index < -0.39 is 31.1 Å². The van der Waals surface area contributed by atoms with Gasteiger partial charge in [0.15, 0.2) is 28.4 Å². The summed E-state index contributed by atoms with van der Waals surface area (Å²) in [5.74, 6) is 1.46. The van der Waals surface area contributed by atoms with Crippen LogP contribution in [0.2, 0.25) is 0 Å². The average Bonchev–Trinajstić information content (AvgIpc) is 3.32. The first-order valence-corrected chi connectivity index (χ1v) is 11.3. The molecule has 3 heterocycles. The summed E-state index contributed by atoms with van der Waals surface area (Å²) in [5, 5.41) is 33.9. The van der Waals surface area contributed by atoms with Gasteiger partial charge in [-0.1, -0.05) is 48.5 Å². The summed E-state index contributed by atoms with van der Waals surface area (Å²) < 4.78 is 7.27. The highest BCUT2D eigenvalue weighted by Crippen LogP contribution is 2.33. The highest BCUT2D eigenvalue weighted by atomic mass is 32.2. The first-order chi connectivity index (χ1) is 15.0. The second kappa shape index (κ2) is 9.49. The van der Waals surface area contributed by atoms with E-state index in [2.05, 4.69) is 51.5 Å². The van der Waals surface area contributed by atoms with Gasteiger partial charge in [0.2, 0.25) is 0 Å². The summed E-state index contributed by atoms with van der Waals surface area (Å²) in [6.45, 7) is 4.32. The van der Waals surface area contributed by atoms with Crippen molar-refractivity contribution in [1.29, 1.82) is 0 Å². The monoisotopic (exact) mass is 445 g/mol. The molecule has 166 valence electrons. The number of aryl methyl sites for hydroxylation is 1. The first-order valence-electron chi connectivity index (χ1n) is 10.3. The molecule has 0 spiro atoms. The summed E-state index contributed by atoms with van der Waals surface area (Å²) in [5.41, 5.74) is 3.35.